The van der Waals surface area contributed by atoms with Crippen LogP contribution in [0, 0.1) is 0 Å². The molecule has 0 spiro atoms. The van der Waals surface area contributed by atoms with Gasteiger partial charge < -0.3 is 14.6 Å². The van der Waals surface area contributed by atoms with E-state index < -0.39 is 29.4 Å². The number of halogens is 3. The first-order chi connectivity index (χ1) is 12.3. The van der Waals surface area contributed by atoms with Gasteiger partial charge in [0.25, 0.3) is 5.72 Å². The summed E-state index contributed by atoms with van der Waals surface area (Å²) in [5, 5.41) is 9.95. The van der Waals surface area contributed by atoms with Gasteiger partial charge in [-0.3, -0.25) is 10.2 Å². The van der Waals surface area contributed by atoms with Crippen molar-refractivity contribution in [3.63, 3.8) is 0 Å². The van der Waals surface area contributed by atoms with Crippen molar-refractivity contribution in [2.45, 2.75) is 38.3 Å². The van der Waals surface area contributed by atoms with E-state index in [4.69, 9.17) is 9.47 Å². The minimum absolute atomic E-state index is 0.194. The zero-order valence-corrected chi connectivity index (χ0v) is 15.0. The van der Waals surface area contributed by atoms with Crippen molar-refractivity contribution in [3.8, 4) is 5.75 Å². The summed E-state index contributed by atoms with van der Waals surface area (Å²) in [5.41, 5.74) is -2.67. The van der Waals surface area contributed by atoms with Crippen LogP contribution in [-0.2, 0) is 14.3 Å². The lowest BCUT2D eigenvalue weighted by atomic mass is 10.1. The normalized spacial score (nSPS) is 20.0. The summed E-state index contributed by atoms with van der Waals surface area (Å²) < 4.78 is 50.2. The van der Waals surface area contributed by atoms with Crippen LogP contribution in [0.4, 0.5) is 13.2 Å². The Hall–Kier alpha value is -2.75. The molecule has 1 aromatic carbocycles. The largest absolute Gasteiger partial charge is 0.497 e. The van der Waals surface area contributed by atoms with Gasteiger partial charge in [0.1, 0.15) is 11.4 Å². The number of carbonyl (C=O) groups is 2. The molecule has 2 N–H and O–H groups in total. The lowest BCUT2D eigenvalue weighted by molar-refractivity contribution is -0.288. The molecule has 1 aliphatic heterocycles. The quantitative estimate of drug-likeness (QED) is 0.595. The number of methoxy groups -OCH3 is 1. The van der Waals surface area contributed by atoms with Crippen LogP contribution >= 0.6 is 0 Å². The van der Waals surface area contributed by atoms with Crippen LogP contribution in [-0.4, -0.2) is 46.6 Å². The number of alkyl halides is 3. The molecular weight excluding hydrogens is 369 g/mol. The number of ether oxygens (including phenoxy) is 2. The third-order valence-electron chi connectivity index (χ3n) is 3.51. The van der Waals surface area contributed by atoms with Gasteiger partial charge in [-0.05, 0) is 50.6 Å². The predicted molar refractivity (Wildman–Crippen MR) is 87.8 cm³/mol. The average molecular weight is 388 g/mol. The molecule has 10 heteroatoms. The average Bonchev–Trinajstić information content (AvgIpc) is 2.91. The molecule has 0 saturated carbocycles. The first-order valence-corrected chi connectivity index (χ1v) is 7.79. The van der Waals surface area contributed by atoms with Gasteiger partial charge in [0.15, 0.2) is 0 Å². The molecule has 0 saturated heterocycles. The van der Waals surface area contributed by atoms with Crippen molar-refractivity contribution in [3.05, 3.63) is 35.9 Å². The topological polar surface area (TPSA) is 88.1 Å². The van der Waals surface area contributed by atoms with E-state index in [-0.39, 0.29) is 16.3 Å². The number of esters is 1. The van der Waals surface area contributed by atoms with Crippen molar-refractivity contribution < 1.29 is 37.3 Å². The number of carbonyl (C=O) groups excluding carboxylic acids is 2. The molecular formula is C17H19F3N2O5. The molecule has 2 rings (SSSR count). The summed E-state index contributed by atoms with van der Waals surface area (Å²) in [7, 11) is 1.42. The van der Waals surface area contributed by atoms with Crippen molar-refractivity contribution >= 4 is 17.6 Å². The van der Waals surface area contributed by atoms with Crippen molar-refractivity contribution in [2.75, 3.05) is 7.11 Å². The summed E-state index contributed by atoms with van der Waals surface area (Å²) in [5.74, 6) is -2.77. The summed E-state index contributed by atoms with van der Waals surface area (Å²) in [6.45, 7) is 4.35. The summed E-state index contributed by atoms with van der Waals surface area (Å²) in [6.07, 6.45) is -4.86. The van der Waals surface area contributed by atoms with Crippen molar-refractivity contribution in [1.29, 1.82) is 0 Å². The third-order valence-corrected chi connectivity index (χ3v) is 3.51. The highest BCUT2D eigenvalue weighted by molar-refractivity contribution is 6.32. The molecule has 1 aromatic rings. The van der Waals surface area contributed by atoms with E-state index >= 15 is 0 Å². The fraction of sp³-hybridized carbons (Fsp3) is 0.412. The molecule has 0 bridgehead atoms. The number of benzene rings is 1. The highest BCUT2D eigenvalue weighted by atomic mass is 19.4. The predicted octanol–water partition coefficient (Wildman–Crippen LogP) is 1.98. The Morgan fingerprint density at radius 2 is 1.70 bits per heavy atom. The van der Waals surface area contributed by atoms with Gasteiger partial charge in [-0.25, -0.2) is 9.80 Å². The summed E-state index contributed by atoms with van der Waals surface area (Å²) in [6, 6.07) is 5.83. The van der Waals surface area contributed by atoms with Crippen LogP contribution in [0.2, 0.25) is 0 Å². The fourth-order valence-corrected chi connectivity index (χ4v) is 2.25. The van der Waals surface area contributed by atoms with Crippen LogP contribution in [0.15, 0.2) is 30.3 Å². The Labute approximate surface area is 153 Å². The molecule has 0 aromatic heterocycles. The monoisotopic (exact) mass is 388 g/mol. The molecule has 0 aliphatic carbocycles. The Bertz CT molecular complexity index is 768. The Balaban J connectivity index is 2.38. The number of amides is 1. The van der Waals surface area contributed by atoms with Crippen LogP contribution in [0.25, 0.3) is 5.70 Å². The van der Waals surface area contributed by atoms with E-state index in [1.807, 2.05) is 0 Å². The molecule has 1 aliphatic rings. The Morgan fingerprint density at radius 1 is 1.15 bits per heavy atom. The third kappa shape index (κ3) is 4.16. The highest BCUT2D eigenvalue weighted by Crippen LogP contribution is 2.40. The molecule has 148 valence electrons. The molecule has 27 heavy (non-hydrogen) atoms. The van der Waals surface area contributed by atoms with Gasteiger partial charge in [-0.2, -0.15) is 13.2 Å². The van der Waals surface area contributed by atoms with E-state index in [1.165, 1.54) is 52.1 Å². The maximum atomic E-state index is 13.5. The number of hydrogen-bond acceptors (Lipinski definition) is 6. The zero-order valence-electron chi connectivity index (χ0n) is 15.0. The van der Waals surface area contributed by atoms with E-state index in [9.17, 15) is 27.9 Å². The molecule has 0 unspecified atom stereocenters. The van der Waals surface area contributed by atoms with E-state index in [0.717, 1.165) is 0 Å². The lowest BCUT2D eigenvalue weighted by Crippen LogP contribution is -2.62. The smallest absolute Gasteiger partial charge is 0.442 e. The number of nitrogens with one attached hydrogen (secondary N) is 1. The highest BCUT2D eigenvalue weighted by Gasteiger charge is 2.62. The van der Waals surface area contributed by atoms with Gasteiger partial charge in [0.05, 0.1) is 12.8 Å². The first kappa shape index (κ1) is 20.6. The number of aliphatic hydroxyl groups is 1. The van der Waals surface area contributed by atoms with E-state index in [2.05, 4.69) is 5.43 Å². The van der Waals surface area contributed by atoms with Gasteiger partial charge >= 0.3 is 18.1 Å². The number of hydrazine groups is 1. The molecule has 0 fully saturated rings. The minimum atomic E-state index is -5.27. The Kier molecular flexibility index (Phi) is 5.15. The summed E-state index contributed by atoms with van der Waals surface area (Å²) >= 11 is 0. The summed E-state index contributed by atoms with van der Waals surface area (Å²) in [4.78, 5) is 24.2. The molecule has 0 radical (unpaired) electrons. The van der Waals surface area contributed by atoms with Gasteiger partial charge in [-0.1, -0.05) is 0 Å². The van der Waals surface area contributed by atoms with Gasteiger partial charge in [0, 0.05) is 6.08 Å². The zero-order chi connectivity index (χ0) is 20.6. The van der Waals surface area contributed by atoms with Crippen LogP contribution in [0.5, 0.6) is 5.75 Å². The van der Waals surface area contributed by atoms with Gasteiger partial charge in [-0.15, -0.1) is 0 Å². The second kappa shape index (κ2) is 6.76. The Morgan fingerprint density at radius 3 is 2.15 bits per heavy atom. The SMILES string of the molecule is COc1ccc(C2=C[C@](O)(C(F)(F)F)N(C(=O)C(=O)OC(C)(C)C)N2)cc1. The van der Waals surface area contributed by atoms with E-state index in [1.54, 1.807) is 0 Å². The maximum Gasteiger partial charge on any atom is 0.442 e. The van der Waals surface area contributed by atoms with Gasteiger partial charge in [0.2, 0.25) is 0 Å². The molecule has 7 nitrogen and oxygen atoms in total. The first-order valence-electron chi connectivity index (χ1n) is 7.79. The standard InChI is InChI=1S/C17H19F3N2O5/c1-15(2,3)27-14(24)13(23)22-16(25,17(18,19)20)9-12(21-22)10-5-7-11(26-4)8-6-10/h5-9,21,25H,1-4H3/t16-/m0/s1. The maximum absolute atomic E-state index is 13.5. The van der Waals surface area contributed by atoms with Crippen LogP contribution in [0.1, 0.15) is 26.3 Å². The van der Waals surface area contributed by atoms with E-state index in [0.29, 0.717) is 11.8 Å². The lowest BCUT2D eigenvalue weighted by Gasteiger charge is -2.33. The number of hydrogen-bond donors (Lipinski definition) is 2. The molecule has 1 atom stereocenters. The second-order valence-electron chi connectivity index (χ2n) is 6.76. The van der Waals surface area contributed by atoms with Crippen LogP contribution < -0.4 is 10.2 Å². The van der Waals surface area contributed by atoms with Crippen molar-refractivity contribution in [1.82, 2.24) is 10.4 Å². The number of rotatable bonds is 2. The second-order valence-corrected chi connectivity index (χ2v) is 6.76. The minimum Gasteiger partial charge on any atom is -0.497 e. The molecule has 1 amide bonds. The molecule has 1 heterocycles. The van der Waals surface area contributed by atoms with Crippen LogP contribution in [0.3, 0.4) is 0 Å². The fourth-order valence-electron chi connectivity index (χ4n) is 2.25. The van der Waals surface area contributed by atoms with Crippen molar-refractivity contribution in [2.24, 2.45) is 0 Å². The number of nitrogens with zero attached hydrogens (tertiary/aromatic N) is 1.